The zero-order chi connectivity index (χ0) is 18.0. The molecule has 3 rings (SSSR count). The number of rotatable bonds is 4. The first-order valence-electron chi connectivity index (χ1n) is 8.62. The smallest absolute Gasteiger partial charge is 0.131 e. The summed E-state index contributed by atoms with van der Waals surface area (Å²) in [5.74, 6) is 0. The van der Waals surface area contributed by atoms with Crippen molar-refractivity contribution < 1.29 is 5.11 Å². The fourth-order valence-corrected chi connectivity index (χ4v) is 3.36. The maximum absolute atomic E-state index is 10.1. The van der Waals surface area contributed by atoms with Gasteiger partial charge in [0, 0.05) is 49.5 Å². The first-order chi connectivity index (χ1) is 11.8. The Labute approximate surface area is 154 Å². The number of aliphatic hydroxyl groups is 1. The fraction of sp³-hybridized carbons (Fsp3) is 0.474. The lowest BCUT2D eigenvalue weighted by atomic mass is 9.83. The van der Waals surface area contributed by atoms with Crippen molar-refractivity contribution >= 4 is 23.0 Å². The Morgan fingerprint density at radius 1 is 1.24 bits per heavy atom. The summed E-state index contributed by atoms with van der Waals surface area (Å²) in [5.41, 5.74) is 3.28. The van der Waals surface area contributed by atoms with Gasteiger partial charge in [-0.2, -0.15) is 0 Å². The van der Waals surface area contributed by atoms with E-state index in [0.717, 1.165) is 48.3 Å². The number of nitrogens with zero attached hydrogens (tertiary/aromatic N) is 3. The summed E-state index contributed by atoms with van der Waals surface area (Å²) in [6, 6.07) is 6.19. The van der Waals surface area contributed by atoms with Crippen LogP contribution in [0.15, 0.2) is 30.6 Å². The summed E-state index contributed by atoms with van der Waals surface area (Å²) >= 11 is 6.13. The molecule has 0 radical (unpaired) electrons. The van der Waals surface area contributed by atoms with Crippen molar-refractivity contribution in [3.8, 4) is 11.3 Å². The van der Waals surface area contributed by atoms with E-state index in [1.54, 1.807) is 12.4 Å². The number of halogens is 1. The molecule has 1 aliphatic carbocycles. The van der Waals surface area contributed by atoms with Crippen LogP contribution in [-0.4, -0.2) is 40.8 Å². The summed E-state index contributed by atoms with van der Waals surface area (Å²) in [4.78, 5) is 10.8. The van der Waals surface area contributed by atoms with Gasteiger partial charge >= 0.3 is 0 Å². The summed E-state index contributed by atoms with van der Waals surface area (Å²) < 4.78 is 0. The van der Waals surface area contributed by atoms with Crippen LogP contribution < -0.4 is 10.2 Å². The highest BCUT2D eigenvalue weighted by Crippen LogP contribution is 2.34. The SMILES string of the molecule is CN(C)c1ccnc(-c2cnc(Cl)cc2NC2CCC(C)(O)CC2)c1. The third-order valence-corrected chi connectivity index (χ3v) is 5.04. The molecule has 1 aliphatic rings. The van der Waals surface area contributed by atoms with Gasteiger partial charge in [0.2, 0.25) is 0 Å². The minimum absolute atomic E-state index is 0.314. The third kappa shape index (κ3) is 4.41. The molecule has 0 bridgehead atoms. The second-order valence-corrected chi connectivity index (χ2v) is 7.65. The predicted molar refractivity (Wildman–Crippen MR) is 103 cm³/mol. The summed E-state index contributed by atoms with van der Waals surface area (Å²) in [7, 11) is 4.01. The maximum Gasteiger partial charge on any atom is 0.131 e. The van der Waals surface area contributed by atoms with Gasteiger partial charge in [-0.1, -0.05) is 11.6 Å². The number of hydrogen-bond donors (Lipinski definition) is 2. The molecule has 1 fully saturated rings. The second-order valence-electron chi connectivity index (χ2n) is 7.26. The van der Waals surface area contributed by atoms with Gasteiger partial charge in [0.1, 0.15) is 5.15 Å². The van der Waals surface area contributed by atoms with Gasteiger partial charge in [0.15, 0.2) is 0 Å². The van der Waals surface area contributed by atoms with Gasteiger partial charge in [-0.15, -0.1) is 0 Å². The van der Waals surface area contributed by atoms with Gasteiger partial charge in [-0.25, -0.2) is 4.98 Å². The fourth-order valence-electron chi connectivity index (χ4n) is 3.20. The molecule has 0 unspecified atom stereocenters. The van der Waals surface area contributed by atoms with E-state index in [1.165, 1.54) is 0 Å². The Kier molecular flexibility index (Phi) is 5.16. The van der Waals surface area contributed by atoms with E-state index in [4.69, 9.17) is 11.6 Å². The van der Waals surface area contributed by atoms with Crippen LogP contribution in [0, 0.1) is 0 Å². The Bertz CT molecular complexity index is 738. The molecule has 2 aromatic rings. The van der Waals surface area contributed by atoms with Crippen LogP contribution in [0.3, 0.4) is 0 Å². The summed E-state index contributed by atoms with van der Waals surface area (Å²) in [6.07, 6.45) is 7.03. The molecular weight excluding hydrogens is 336 g/mol. The molecule has 0 saturated heterocycles. The molecule has 1 saturated carbocycles. The van der Waals surface area contributed by atoms with E-state index in [0.29, 0.717) is 11.2 Å². The number of anilines is 2. The first-order valence-corrected chi connectivity index (χ1v) is 9.00. The molecule has 6 heteroatoms. The van der Waals surface area contributed by atoms with E-state index in [9.17, 15) is 5.11 Å². The van der Waals surface area contributed by atoms with Crippen LogP contribution in [0.4, 0.5) is 11.4 Å². The van der Waals surface area contributed by atoms with Crippen LogP contribution in [0.2, 0.25) is 5.15 Å². The zero-order valence-corrected chi connectivity index (χ0v) is 15.7. The van der Waals surface area contributed by atoms with Gasteiger partial charge < -0.3 is 15.3 Å². The van der Waals surface area contributed by atoms with Crippen molar-refractivity contribution in [1.29, 1.82) is 0 Å². The largest absolute Gasteiger partial charge is 0.390 e. The molecule has 0 amide bonds. The monoisotopic (exact) mass is 360 g/mol. The Balaban J connectivity index is 1.87. The normalized spacial score (nSPS) is 23.3. The number of pyridine rings is 2. The standard InChI is InChI=1S/C19H25ClN4O/c1-19(25)7-4-13(5-8-19)23-17-11-18(20)22-12-15(17)16-10-14(24(2)3)6-9-21-16/h6,9-13,25H,4-5,7-8H2,1-3H3,(H,22,23). The van der Waals surface area contributed by atoms with Crippen LogP contribution in [-0.2, 0) is 0 Å². The maximum atomic E-state index is 10.1. The number of nitrogens with one attached hydrogen (secondary N) is 1. The minimum atomic E-state index is -0.543. The van der Waals surface area contributed by atoms with E-state index in [2.05, 4.69) is 15.3 Å². The van der Waals surface area contributed by atoms with Crippen LogP contribution in [0.5, 0.6) is 0 Å². The highest BCUT2D eigenvalue weighted by molar-refractivity contribution is 6.29. The Hall–Kier alpha value is -1.85. The van der Waals surface area contributed by atoms with Crippen molar-refractivity contribution in [3.05, 3.63) is 35.7 Å². The van der Waals surface area contributed by atoms with Gasteiger partial charge in [0.05, 0.1) is 11.3 Å². The van der Waals surface area contributed by atoms with Crippen molar-refractivity contribution in [2.75, 3.05) is 24.3 Å². The lowest BCUT2D eigenvalue weighted by Gasteiger charge is -2.34. The molecule has 25 heavy (non-hydrogen) atoms. The average Bonchev–Trinajstić information content (AvgIpc) is 2.57. The van der Waals surface area contributed by atoms with Crippen molar-refractivity contribution in [2.45, 2.75) is 44.2 Å². The molecule has 2 heterocycles. The third-order valence-electron chi connectivity index (χ3n) is 4.83. The number of hydrogen-bond acceptors (Lipinski definition) is 5. The summed E-state index contributed by atoms with van der Waals surface area (Å²) in [5, 5.41) is 14.2. The second kappa shape index (κ2) is 7.18. The lowest BCUT2D eigenvalue weighted by molar-refractivity contribution is 0.0196. The molecule has 0 atom stereocenters. The van der Waals surface area contributed by atoms with Crippen LogP contribution >= 0.6 is 11.6 Å². The topological polar surface area (TPSA) is 61.3 Å². The van der Waals surface area contributed by atoms with Gasteiger partial charge in [0.25, 0.3) is 0 Å². The molecule has 2 N–H and O–H groups in total. The van der Waals surface area contributed by atoms with E-state index in [1.807, 2.05) is 44.1 Å². The lowest BCUT2D eigenvalue weighted by Crippen LogP contribution is -2.35. The molecule has 2 aromatic heterocycles. The van der Waals surface area contributed by atoms with Gasteiger partial charge in [-0.3, -0.25) is 4.98 Å². The first kappa shape index (κ1) is 18.0. The summed E-state index contributed by atoms with van der Waals surface area (Å²) in [6.45, 7) is 1.91. The quantitative estimate of drug-likeness (QED) is 0.808. The molecule has 0 aromatic carbocycles. The van der Waals surface area contributed by atoms with Crippen LogP contribution in [0.25, 0.3) is 11.3 Å². The highest BCUT2D eigenvalue weighted by atomic mass is 35.5. The average molecular weight is 361 g/mol. The van der Waals surface area contributed by atoms with Gasteiger partial charge in [-0.05, 0) is 50.8 Å². The van der Waals surface area contributed by atoms with Crippen molar-refractivity contribution in [1.82, 2.24) is 9.97 Å². The van der Waals surface area contributed by atoms with E-state index >= 15 is 0 Å². The molecule has 5 nitrogen and oxygen atoms in total. The highest BCUT2D eigenvalue weighted by Gasteiger charge is 2.29. The number of aromatic nitrogens is 2. The Morgan fingerprint density at radius 3 is 2.64 bits per heavy atom. The zero-order valence-electron chi connectivity index (χ0n) is 15.0. The van der Waals surface area contributed by atoms with E-state index < -0.39 is 5.60 Å². The minimum Gasteiger partial charge on any atom is -0.390 e. The Morgan fingerprint density at radius 2 is 1.96 bits per heavy atom. The van der Waals surface area contributed by atoms with E-state index in [-0.39, 0.29) is 0 Å². The van der Waals surface area contributed by atoms with Crippen LogP contribution in [0.1, 0.15) is 32.6 Å². The molecule has 134 valence electrons. The van der Waals surface area contributed by atoms with Crippen molar-refractivity contribution in [2.24, 2.45) is 0 Å². The van der Waals surface area contributed by atoms with Crippen molar-refractivity contribution in [3.63, 3.8) is 0 Å². The molecule has 0 aliphatic heterocycles. The molecular formula is C19H25ClN4O. The predicted octanol–water partition coefficient (Wildman–Crippen LogP) is 3.97. The molecule has 0 spiro atoms.